The van der Waals surface area contributed by atoms with E-state index in [1.165, 1.54) is 5.69 Å². The highest BCUT2D eigenvalue weighted by molar-refractivity contribution is 5.03. The maximum atomic E-state index is 3.62. The zero-order chi connectivity index (χ0) is 7.94. The molecule has 0 aliphatic carbocycles. The van der Waals surface area contributed by atoms with E-state index < -0.39 is 0 Å². The van der Waals surface area contributed by atoms with Gasteiger partial charge in [0.2, 0.25) is 0 Å². The molecule has 0 aromatic carbocycles. The molecule has 0 fully saturated rings. The number of hydrogen-bond acceptors (Lipinski definition) is 1. The van der Waals surface area contributed by atoms with Crippen LogP contribution in [-0.4, -0.2) is 18.1 Å². The Morgan fingerprint density at radius 2 is 2.55 bits per heavy atom. The van der Waals surface area contributed by atoms with Gasteiger partial charge in [-0.15, -0.1) is 6.58 Å². The number of hydrogen-bond donors (Lipinski definition) is 2. The summed E-state index contributed by atoms with van der Waals surface area (Å²) >= 11 is 0. The van der Waals surface area contributed by atoms with Gasteiger partial charge in [-0.05, 0) is 18.6 Å². The molecular weight excluding hydrogens is 136 g/mol. The van der Waals surface area contributed by atoms with E-state index in [0.29, 0.717) is 0 Å². The van der Waals surface area contributed by atoms with Crippen LogP contribution in [0.25, 0.3) is 0 Å². The number of aromatic nitrogens is 1. The second kappa shape index (κ2) is 4.74. The molecule has 1 aromatic rings. The van der Waals surface area contributed by atoms with Gasteiger partial charge in [0.25, 0.3) is 0 Å². The fraction of sp³-hybridized carbons (Fsp3) is 0.333. The SMILES string of the molecule is C=CCNCCc1ccc[nH]1. The van der Waals surface area contributed by atoms with Crippen molar-refractivity contribution in [3.8, 4) is 0 Å². The summed E-state index contributed by atoms with van der Waals surface area (Å²) in [5, 5.41) is 3.24. The van der Waals surface area contributed by atoms with Gasteiger partial charge in [-0.3, -0.25) is 0 Å². The summed E-state index contributed by atoms with van der Waals surface area (Å²) in [4.78, 5) is 3.15. The van der Waals surface area contributed by atoms with Crippen molar-refractivity contribution in [1.82, 2.24) is 10.3 Å². The van der Waals surface area contributed by atoms with Crippen molar-refractivity contribution in [3.63, 3.8) is 0 Å². The van der Waals surface area contributed by atoms with Gasteiger partial charge in [0.1, 0.15) is 0 Å². The van der Waals surface area contributed by atoms with Crippen molar-refractivity contribution in [2.24, 2.45) is 0 Å². The Morgan fingerprint density at radius 1 is 1.64 bits per heavy atom. The number of aromatic amines is 1. The van der Waals surface area contributed by atoms with Crippen molar-refractivity contribution in [2.45, 2.75) is 6.42 Å². The van der Waals surface area contributed by atoms with Crippen LogP contribution >= 0.6 is 0 Å². The van der Waals surface area contributed by atoms with Gasteiger partial charge >= 0.3 is 0 Å². The van der Waals surface area contributed by atoms with Gasteiger partial charge in [-0.1, -0.05) is 6.08 Å². The third-order valence-corrected chi connectivity index (χ3v) is 1.52. The summed E-state index contributed by atoms with van der Waals surface area (Å²) in [5.41, 5.74) is 1.28. The van der Waals surface area contributed by atoms with Gasteiger partial charge in [-0.2, -0.15) is 0 Å². The van der Waals surface area contributed by atoms with Gasteiger partial charge < -0.3 is 10.3 Å². The third kappa shape index (κ3) is 3.05. The first-order valence-corrected chi connectivity index (χ1v) is 3.87. The van der Waals surface area contributed by atoms with E-state index in [4.69, 9.17) is 0 Å². The average molecular weight is 150 g/mol. The molecule has 0 radical (unpaired) electrons. The van der Waals surface area contributed by atoms with Crippen molar-refractivity contribution < 1.29 is 0 Å². The second-order valence-corrected chi connectivity index (χ2v) is 2.44. The lowest BCUT2D eigenvalue weighted by Gasteiger charge is -1.98. The topological polar surface area (TPSA) is 27.8 Å². The first kappa shape index (κ1) is 8.08. The monoisotopic (exact) mass is 150 g/mol. The molecule has 0 unspecified atom stereocenters. The van der Waals surface area contributed by atoms with Crippen LogP contribution in [-0.2, 0) is 6.42 Å². The molecule has 11 heavy (non-hydrogen) atoms. The average Bonchev–Trinajstić information content (AvgIpc) is 2.50. The maximum Gasteiger partial charge on any atom is 0.0159 e. The molecule has 2 nitrogen and oxygen atoms in total. The minimum Gasteiger partial charge on any atom is -0.365 e. The van der Waals surface area contributed by atoms with Crippen molar-refractivity contribution in [2.75, 3.05) is 13.1 Å². The van der Waals surface area contributed by atoms with Crippen LogP contribution in [0.4, 0.5) is 0 Å². The second-order valence-electron chi connectivity index (χ2n) is 2.44. The summed E-state index contributed by atoms with van der Waals surface area (Å²) in [6.45, 7) is 5.52. The molecule has 0 aliphatic rings. The molecule has 0 amide bonds. The van der Waals surface area contributed by atoms with Crippen LogP contribution in [0, 0.1) is 0 Å². The van der Waals surface area contributed by atoms with E-state index in [1.54, 1.807) is 0 Å². The van der Waals surface area contributed by atoms with E-state index in [-0.39, 0.29) is 0 Å². The van der Waals surface area contributed by atoms with E-state index in [2.05, 4.69) is 22.9 Å². The lowest BCUT2D eigenvalue weighted by Crippen LogP contribution is -2.16. The Kier molecular flexibility index (Phi) is 3.48. The summed E-state index contributed by atoms with van der Waals surface area (Å²) in [7, 11) is 0. The fourth-order valence-corrected chi connectivity index (χ4v) is 0.950. The van der Waals surface area contributed by atoms with E-state index in [0.717, 1.165) is 19.5 Å². The Morgan fingerprint density at radius 3 is 3.18 bits per heavy atom. The fourth-order valence-electron chi connectivity index (χ4n) is 0.950. The first-order chi connectivity index (χ1) is 5.43. The minimum atomic E-state index is 0.890. The molecule has 2 N–H and O–H groups in total. The maximum absolute atomic E-state index is 3.62. The summed E-state index contributed by atoms with van der Waals surface area (Å²) in [6.07, 6.45) is 4.87. The van der Waals surface area contributed by atoms with Gasteiger partial charge in [0, 0.05) is 25.0 Å². The van der Waals surface area contributed by atoms with E-state index >= 15 is 0 Å². The number of rotatable bonds is 5. The van der Waals surface area contributed by atoms with Crippen LogP contribution in [0.15, 0.2) is 31.0 Å². The predicted octanol–water partition coefficient (Wildman–Crippen LogP) is 1.33. The van der Waals surface area contributed by atoms with Gasteiger partial charge in [0.05, 0.1) is 0 Å². The Labute approximate surface area is 67.3 Å². The molecule has 1 rings (SSSR count). The van der Waals surface area contributed by atoms with Crippen LogP contribution in [0.2, 0.25) is 0 Å². The van der Waals surface area contributed by atoms with Crippen molar-refractivity contribution in [1.29, 1.82) is 0 Å². The summed E-state index contributed by atoms with van der Waals surface area (Å²) in [6, 6.07) is 4.11. The first-order valence-electron chi connectivity index (χ1n) is 3.87. The summed E-state index contributed by atoms with van der Waals surface area (Å²) < 4.78 is 0. The largest absolute Gasteiger partial charge is 0.365 e. The highest BCUT2D eigenvalue weighted by Gasteiger charge is 1.89. The van der Waals surface area contributed by atoms with E-state index in [9.17, 15) is 0 Å². The van der Waals surface area contributed by atoms with Crippen LogP contribution in [0.5, 0.6) is 0 Å². The van der Waals surface area contributed by atoms with Crippen LogP contribution in [0.3, 0.4) is 0 Å². The summed E-state index contributed by atoms with van der Waals surface area (Å²) in [5.74, 6) is 0. The van der Waals surface area contributed by atoms with Gasteiger partial charge in [-0.25, -0.2) is 0 Å². The molecule has 0 saturated carbocycles. The number of H-pyrrole nitrogens is 1. The highest BCUT2D eigenvalue weighted by atomic mass is 14.8. The Hall–Kier alpha value is -1.02. The molecular formula is C9H14N2. The Balaban J connectivity index is 2.09. The standard InChI is InChI=1S/C9H14N2/c1-2-6-10-8-5-9-4-3-7-11-9/h2-4,7,10-11H,1,5-6,8H2. The quantitative estimate of drug-likeness (QED) is 0.481. The molecule has 0 spiro atoms. The minimum absolute atomic E-state index is 0.890. The molecule has 1 aromatic heterocycles. The van der Waals surface area contributed by atoms with Crippen molar-refractivity contribution in [3.05, 3.63) is 36.7 Å². The molecule has 1 heterocycles. The van der Waals surface area contributed by atoms with Gasteiger partial charge in [0.15, 0.2) is 0 Å². The molecule has 0 bridgehead atoms. The molecule has 0 atom stereocenters. The molecule has 0 aliphatic heterocycles. The molecule has 2 heteroatoms. The molecule has 0 saturated heterocycles. The normalized spacial score (nSPS) is 9.82. The molecule has 60 valence electrons. The highest BCUT2D eigenvalue weighted by Crippen LogP contribution is 1.93. The smallest absolute Gasteiger partial charge is 0.0159 e. The lowest BCUT2D eigenvalue weighted by molar-refractivity contribution is 0.737. The van der Waals surface area contributed by atoms with Crippen LogP contribution < -0.4 is 5.32 Å². The predicted molar refractivity (Wildman–Crippen MR) is 47.6 cm³/mol. The van der Waals surface area contributed by atoms with E-state index in [1.807, 2.05) is 18.3 Å². The third-order valence-electron chi connectivity index (χ3n) is 1.52. The van der Waals surface area contributed by atoms with Crippen LogP contribution in [0.1, 0.15) is 5.69 Å². The number of nitrogens with one attached hydrogen (secondary N) is 2. The zero-order valence-electron chi connectivity index (χ0n) is 6.64. The zero-order valence-corrected chi connectivity index (χ0v) is 6.64. The van der Waals surface area contributed by atoms with Crippen molar-refractivity contribution >= 4 is 0 Å². The lowest BCUT2D eigenvalue weighted by atomic mass is 10.3. The Bertz CT molecular complexity index is 189.